The van der Waals surface area contributed by atoms with Crippen LogP contribution in [-0.4, -0.2) is 53.9 Å². The van der Waals surface area contributed by atoms with Crippen LogP contribution in [0, 0.1) is 18.3 Å². The van der Waals surface area contributed by atoms with Gasteiger partial charge in [0.15, 0.2) is 0 Å². The van der Waals surface area contributed by atoms with E-state index in [1.807, 2.05) is 12.1 Å². The van der Waals surface area contributed by atoms with Gasteiger partial charge < -0.3 is 5.11 Å². The van der Waals surface area contributed by atoms with Crippen molar-refractivity contribution in [3.63, 3.8) is 0 Å². The zero-order valence-corrected chi connectivity index (χ0v) is 19.6. The zero-order valence-electron chi connectivity index (χ0n) is 18.8. The number of sulfonamides is 1. The van der Waals surface area contributed by atoms with Crippen molar-refractivity contribution < 1.29 is 28.0 Å². The molecule has 10 nitrogen and oxygen atoms in total. The number of carbonyl (C=O) groups is 2. The van der Waals surface area contributed by atoms with Crippen LogP contribution in [0.2, 0.25) is 0 Å². The topological polar surface area (TPSA) is 154 Å². The van der Waals surface area contributed by atoms with Gasteiger partial charge in [-0.25, -0.2) is 8.42 Å². The largest absolute Gasteiger partial charge is 0.480 e. The van der Waals surface area contributed by atoms with E-state index in [-0.39, 0.29) is 21.8 Å². The van der Waals surface area contributed by atoms with Gasteiger partial charge >= 0.3 is 5.97 Å². The number of nitrogens with two attached hydrogens (primary N) is 1. The van der Waals surface area contributed by atoms with Crippen LogP contribution in [-0.2, 0) is 24.4 Å². The number of hydrogen-bond donors (Lipinski definition) is 2. The summed E-state index contributed by atoms with van der Waals surface area (Å²) in [5, 5.41) is 20.2. The molecule has 0 aliphatic carbocycles. The Balaban J connectivity index is 1.67. The predicted octanol–water partition coefficient (Wildman–Crippen LogP) is 1.91. The second kappa shape index (κ2) is 10.4. The fourth-order valence-electron chi connectivity index (χ4n) is 3.90. The van der Waals surface area contributed by atoms with E-state index < -0.39 is 40.3 Å². The first-order valence-corrected chi connectivity index (χ1v) is 12.0. The minimum atomic E-state index is -4.32. The van der Waals surface area contributed by atoms with Crippen LogP contribution in [0.5, 0.6) is 0 Å². The Bertz CT molecular complexity index is 1210. The van der Waals surface area contributed by atoms with E-state index in [0.29, 0.717) is 17.5 Å². The predicted molar refractivity (Wildman–Crippen MR) is 121 cm³/mol. The fourth-order valence-corrected chi connectivity index (χ4v) is 5.23. The number of nitrogens with zero attached hydrogens (tertiary/aromatic N) is 3. The number of Topliss-reactive ketones (excluding diaryl/α,β-unsaturated/α-hetero) is 1. The van der Waals surface area contributed by atoms with Gasteiger partial charge in [-0.1, -0.05) is 24.3 Å². The summed E-state index contributed by atoms with van der Waals surface area (Å²) in [5.41, 5.74) is 2.11. The Hall–Kier alpha value is -3.14. The molecule has 1 fully saturated rings. The van der Waals surface area contributed by atoms with Crippen LogP contribution in [0.1, 0.15) is 42.0 Å². The number of carboxylic acids is 1. The van der Waals surface area contributed by atoms with E-state index >= 15 is 0 Å². The van der Waals surface area contributed by atoms with Crippen molar-refractivity contribution in [2.75, 3.05) is 7.05 Å². The molecule has 1 aliphatic rings. The SMILES string of the molecule is Cc1cccc(S(=O)(=O)N(N)[C@@H](CC(=O)C[C@@H]2C[C@H](c3ccc(C#N)cc3)N(C)O2)C(=O)O)c1. The quantitative estimate of drug-likeness (QED) is 0.399. The third-order valence-electron chi connectivity index (χ3n) is 5.70. The summed E-state index contributed by atoms with van der Waals surface area (Å²) >= 11 is 0. The van der Waals surface area contributed by atoms with Crippen molar-refractivity contribution in [1.29, 1.82) is 5.26 Å². The number of carbonyl (C=O) groups excluding carboxylic acids is 1. The molecule has 34 heavy (non-hydrogen) atoms. The molecular weight excluding hydrogens is 460 g/mol. The summed E-state index contributed by atoms with van der Waals surface area (Å²) in [6.45, 7) is 1.70. The van der Waals surface area contributed by atoms with Crippen molar-refractivity contribution >= 4 is 21.8 Å². The lowest BCUT2D eigenvalue weighted by Crippen LogP contribution is -2.50. The average molecular weight is 487 g/mol. The molecular formula is C23H26N4O6S. The summed E-state index contributed by atoms with van der Waals surface area (Å²) in [7, 11) is -2.60. The van der Waals surface area contributed by atoms with Crippen LogP contribution in [0.3, 0.4) is 0 Å². The lowest BCUT2D eigenvalue weighted by molar-refractivity contribution is -0.153. The van der Waals surface area contributed by atoms with Gasteiger partial charge in [-0.15, -0.1) is 4.41 Å². The number of carboxylic acid groups (broad SMARTS) is 1. The van der Waals surface area contributed by atoms with Crippen LogP contribution < -0.4 is 5.84 Å². The summed E-state index contributed by atoms with van der Waals surface area (Å²) in [4.78, 5) is 30.1. The van der Waals surface area contributed by atoms with Gasteiger partial charge in [0.25, 0.3) is 10.0 Å². The van der Waals surface area contributed by atoms with Gasteiger partial charge in [0.05, 0.1) is 28.7 Å². The highest BCUT2D eigenvalue weighted by molar-refractivity contribution is 7.89. The maximum atomic E-state index is 12.8. The number of aryl methyl sites for hydroxylation is 1. The number of ketones is 1. The maximum Gasteiger partial charge on any atom is 0.324 e. The second-order valence-corrected chi connectivity index (χ2v) is 10.1. The molecule has 0 spiro atoms. The van der Waals surface area contributed by atoms with Crippen molar-refractivity contribution in [3.05, 3.63) is 65.2 Å². The molecule has 1 heterocycles. The molecule has 0 amide bonds. The molecule has 1 saturated heterocycles. The Morgan fingerprint density at radius 2 is 1.97 bits per heavy atom. The molecule has 0 unspecified atom stereocenters. The highest BCUT2D eigenvalue weighted by atomic mass is 32.2. The van der Waals surface area contributed by atoms with E-state index in [0.717, 1.165) is 5.56 Å². The van der Waals surface area contributed by atoms with Gasteiger partial charge in [-0.3, -0.25) is 20.3 Å². The Kier molecular flexibility index (Phi) is 7.81. The molecule has 3 N–H and O–H groups in total. The third kappa shape index (κ3) is 5.67. The standard InChI is InChI=1S/C23H26N4O6S/c1-15-4-3-5-20(10-15)34(31,32)27(25)22(23(29)30)12-18(28)11-19-13-21(26(2)33-19)17-8-6-16(14-24)7-9-17/h3-10,19,21-22H,11-13,25H2,1-2H3,(H,29,30)/t19-,21-,22+/m1/s1. The Labute approximate surface area is 198 Å². The molecule has 3 rings (SSSR count). The summed E-state index contributed by atoms with van der Waals surface area (Å²) in [6.07, 6.45) is -0.728. The molecule has 11 heteroatoms. The molecule has 1 aliphatic heterocycles. The number of rotatable bonds is 9. The number of hydrazine groups is 1. The Morgan fingerprint density at radius 3 is 2.56 bits per heavy atom. The third-order valence-corrected chi connectivity index (χ3v) is 7.36. The molecule has 0 bridgehead atoms. The average Bonchev–Trinajstić information content (AvgIpc) is 3.16. The molecule has 2 aromatic rings. The number of benzene rings is 2. The fraction of sp³-hybridized carbons (Fsp3) is 0.348. The minimum absolute atomic E-state index is 0.0980. The molecule has 180 valence electrons. The maximum absolute atomic E-state index is 12.8. The van der Waals surface area contributed by atoms with Crippen LogP contribution in [0.4, 0.5) is 0 Å². The van der Waals surface area contributed by atoms with Crippen LogP contribution >= 0.6 is 0 Å². The first-order valence-electron chi connectivity index (χ1n) is 10.5. The number of nitriles is 1. The smallest absolute Gasteiger partial charge is 0.324 e. The molecule has 2 aromatic carbocycles. The second-order valence-electron chi connectivity index (χ2n) is 8.21. The van der Waals surface area contributed by atoms with Gasteiger partial charge in [-0.2, -0.15) is 10.3 Å². The van der Waals surface area contributed by atoms with Crippen molar-refractivity contribution in [3.8, 4) is 6.07 Å². The van der Waals surface area contributed by atoms with Gasteiger partial charge in [0.2, 0.25) is 0 Å². The van der Waals surface area contributed by atoms with Crippen molar-refractivity contribution in [2.24, 2.45) is 5.84 Å². The highest BCUT2D eigenvalue weighted by Crippen LogP contribution is 2.34. The van der Waals surface area contributed by atoms with Crippen molar-refractivity contribution in [2.45, 2.75) is 49.3 Å². The van der Waals surface area contributed by atoms with Gasteiger partial charge in [-0.05, 0) is 48.7 Å². The first-order chi connectivity index (χ1) is 16.0. The molecule has 0 saturated carbocycles. The molecule has 3 atom stereocenters. The number of hydrogen-bond acceptors (Lipinski definition) is 8. The lowest BCUT2D eigenvalue weighted by atomic mass is 9.97. The number of hydroxylamine groups is 2. The van der Waals surface area contributed by atoms with Gasteiger partial charge in [0.1, 0.15) is 11.8 Å². The first kappa shape index (κ1) is 25.5. The zero-order chi connectivity index (χ0) is 25.0. The summed E-state index contributed by atoms with van der Waals surface area (Å²) in [5.74, 6) is 3.72. The highest BCUT2D eigenvalue weighted by Gasteiger charge is 2.38. The summed E-state index contributed by atoms with van der Waals surface area (Å²) < 4.78 is 25.9. The van der Waals surface area contributed by atoms with E-state index in [1.54, 1.807) is 37.2 Å². The van der Waals surface area contributed by atoms with E-state index in [1.165, 1.54) is 18.2 Å². The van der Waals surface area contributed by atoms with Crippen LogP contribution in [0.15, 0.2) is 53.4 Å². The van der Waals surface area contributed by atoms with E-state index in [2.05, 4.69) is 6.07 Å². The van der Waals surface area contributed by atoms with Crippen molar-refractivity contribution in [1.82, 2.24) is 9.48 Å². The molecule has 0 aromatic heterocycles. The normalized spacial score (nSPS) is 19.6. The van der Waals surface area contributed by atoms with Gasteiger partial charge in [0, 0.05) is 19.9 Å². The summed E-state index contributed by atoms with van der Waals surface area (Å²) in [6, 6.07) is 13.1. The monoisotopic (exact) mass is 486 g/mol. The van der Waals surface area contributed by atoms with Crippen LogP contribution in [0.25, 0.3) is 0 Å². The molecule has 0 radical (unpaired) electrons. The number of aliphatic carboxylic acids is 1. The Morgan fingerprint density at radius 1 is 1.29 bits per heavy atom. The minimum Gasteiger partial charge on any atom is -0.480 e. The lowest BCUT2D eigenvalue weighted by Gasteiger charge is -2.23. The van der Waals surface area contributed by atoms with E-state index in [9.17, 15) is 23.1 Å². The van der Waals surface area contributed by atoms with E-state index in [4.69, 9.17) is 15.9 Å².